The lowest BCUT2D eigenvalue weighted by molar-refractivity contribution is 0.140. The van der Waals surface area contributed by atoms with Crippen LogP contribution in [0.25, 0.3) is 0 Å². The number of amides is 1. The molecule has 0 fully saturated rings. The first-order chi connectivity index (χ1) is 9.74. The molecule has 1 amide bonds. The number of aromatic nitrogens is 2. The second-order valence-corrected chi connectivity index (χ2v) is 4.14. The van der Waals surface area contributed by atoms with Gasteiger partial charge in [-0.3, -0.25) is 4.79 Å². The van der Waals surface area contributed by atoms with Gasteiger partial charge in [-0.2, -0.15) is 0 Å². The van der Waals surface area contributed by atoms with Crippen LogP contribution >= 0.6 is 0 Å². The summed E-state index contributed by atoms with van der Waals surface area (Å²) in [5.74, 6) is 0. The summed E-state index contributed by atoms with van der Waals surface area (Å²) in [6.07, 6.45) is 1.33. The zero-order valence-corrected chi connectivity index (χ0v) is 10.8. The third-order valence-corrected chi connectivity index (χ3v) is 2.60. The van der Waals surface area contributed by atoms with Crippen LogP contribution in [-0.2, 0) is 17.8 Å². The highest BCUT2D eigenvalue weighted by atomic mass is 16.5. The number of ether oxygens (including phenoxy) is 1. The zero-order chi connectivity index (χ0) is 14.2. The normalized spacial score (nSPS) is 10.0. The minimum atomic E-state index is -0.487. The number of alkyl carbamates (subject to hydrolysis) is 1. The first-order valence-electron chi connectivity index (χ1n) is 6.22. The standard InChI is InChI=1S/C14H15N3O3/c18-13-8-12(16-10-17-13)6-7-15-14(19)20-9-11-4-2-1-3-5-11/h1-5,8,10H,6-7,9H2,(H,15,19)(H,16,17,18). The van der Waals surface area contributed by atoms with Crippen LogP contribution in [-0.4, -0.2) is 22.6 Å². The Morgan fingerprint density at radius 3 is 2.85 bits per heavy atom. The maximum atomic E-state index is 11.5. The van der Waals surface area contributed by atoms with Gasteiger partial charge in [-0.05, 0) is 5.56 Å². The molecule has 0 bridgehead atoms. The topological polar surface area (TPSA) is 84.1 Å². The van der Waals surface area contributed by atoms with Crippen LogP contribution in [0.2, 0.25) is 0 Å². The van der Waals surface area contributed by atoms with Gasteiger partial charge in [0.2, 0.25) is 0 Å². The average molecular weight is 273 g/mol. The van der Waals surface area contributed by atoms with Gasteiger partial charge in [0, 0.05) is 24.7 Å². The van der Waals surface area contributed by atoms with Gasteiger partial charge in [0.25, 0.3) is 5.56 Å². The van der Waals surface area contributed by atoms with Crippen LogP contribution in [0.5, 0.6) is 0 Å². The molecule has 0 saturated carbocycles. The van der Waals surface area contributed by atoms with Crippen LogP contribution in [0.3, 0.4) is 0 Å². The maximum Gasteiger partial charge on any atom is 0.407 e. The molecule has 1 heterocycles. The van der Waals surface area contributed by atoms with E-state index < -0.39 is 6.09 Å². The average Bonchev–Trinajstić information content (AvgIpc) is 2.46. The van der Waals surface area contributed by atoms with Gasteiger partial charge in [-0.15, -0.1) is 0 Å². The van der Waals surface area contributed by atoms with Crippen molar-refractivity contribution in [2.75, 3.05) is 6.54 Å². The molecule has 0 aliphatic carbocycles. The fourth-order valence-corrected chi connectivity index (χ4v) is 1.61. The number of nitrogens with one attached hydrogen (secondary N) is 2. The van der Waals surface area contributed by atoms with Gasteiger partial charge < -0.3 is 15.0 Å². The van der Waals surface area contributed by atoms with Crippen molar-refractivity contribution in [3.63, 3.8) is 0 Å². The van der Waals surface area contributed by atoms with E-state index in [0.717, 1.165) is 5.56 Å². The molecule has 20 heavy (non-hydrogen) atoms. The van der Waals surface area contributed by atoms with Crippen molar-refractivity contribution < 1.29 is 9.53 Å². The summed E-state index contributed by atoms with van der Waals surface area (Å²) in [6, 6.07) is 10.8. The highest BCUT2D eigenvalue weighted by Gasteiger charge is 2.02. The molecule has 6 heteroatoms. The number of carbonyl (C=O) groups excluding carboxylic acids is 1. The maximum absolute atomic E-state index is 11.5. The summed E-state index contributed by atoms with van der Waals surface area (Å²) < 4.78 is 5.05. The van der Waals surface area contributed by atoms with Crippen molar-refractivity contribution in [2.24, 2.45) is 0 Å². The molecular weight excluding hydrogens is 258 g/mol. The second-order valence-electron chi connectivity index (χ2n) is 4.14. The van der Waals surface area contributed by atoms with Crippen LogP contribution in [0, 0.1) is 0 Å². The first-order valence-corrected chi connectivity index (χ1v) is 6.22. The van der Waals surface area contributed by atoms with Crippen molar-refractivity contribution in [1.82, 2.24) is 15.3 Å². The van der Waals surface area contributed by atoms with Crippen molar-refractivity contribution in [3.8, 4) is 0 Å². The van der Waals surface area contributed by atoms with E-state index in [-0.39, 0.29) is 12.2 Å². The third kappa shape index (κ3) is 4.56. The molecule has 0 radical (unpaired) electrons. The second kappa shape index (κ2) is 7.08. The smallest absolute Gasteiger partial charge is 0.407 e. The number of benzene rings is 1. The molecule has 1 aromatic heterocycles. The van der Waals surface area contributed by atoms with E-state index in [1.165, 1.54) is 12.4 Å². The predicted molar refractivity (Wildman–Crippen MR) is 73.2 cm³/mol. The first kappa shape index (κ1) is 13.8. The third-order valence-electron chi connectivity index (χ3n) is 2.60. The highest BCUT2D eigenvalue weighted by Crippen LogP contribution is 2.00. The molecule has 1 aromatic carbocycles. The van der Waals surface area contributed by atoms with E-state index >= 15 is 0 Å². The van der Waals surface area contributed by atoms with Gasteiger partial charge in [-0.25, -0.2) is 9.78 Å². The molecule has 2 aromatic rings. The number of rotatable bonds is 5. The van der Waals surface area contributed by atoms with Gasteiger partial charge in [0.1, 0.15) is 6.61 Å². The number of carbonyl (C=O) groups is 1. The summed E-state index contributed by atoms with van der Waals surface area (Å²) >= 11 is 0. The Labute approximate surface area is 115 Å². The van der Waals surface area contributed by atoms with E-state index in [1.807, 2.05) is 30.3 Å². The van der Waals surface area contributed by atoms with Crippen molar-refractivity contribution in [2.45, 2.75) is 13.0 Å². The van der Waals surface area contributed by atoms with Gasteiger partial charge in [-0.1, -0.05) is 30.3 Å². The van der Waals surface area contributed by atoms with E-state index in [4.69, 9.17) is 4.74 Å². The lowest BCUT2D eigenvalue weighted by atomic mass is 10.2. The Hall–Kier alpha value is -2.63. The molecule has 0 unspecified atom stereocenters. The lowest BCUT2D eigenvalue weighted by Gasteiger charge is -2.06. The van der Waals surface area contributed by atoms with Crippen molar-refractivity contribution in [1.29, 1.82) is 0 Å². The fourth-order valence-electron chi connectivity index (χ4n) is 1.61. The van der Waals surface area contributed by atoms with E-state index in [1.54, 1.807) is 0 Å². The van der Waals surface area contributed by atoms with E-state index in [2.05, 4.69) is 15.3 Å². The zero-order valence-electron chi connectivity index (χ0n) is 10.8. The molecule has 2 rings (SSSR count). The summed E-state index contributed by atoms with van der Waals surface area (Å²) in [6.45, 7) is 0.597. The molecule has 0 atom stereocenters. The Bertz CT molecular complexity index is 610. The van der Waals surface area contributed by atoms with E-state index in [0.29, 0.717) is 18.7 Å². The monoisotopic (exact) mass is 273 g/mol. The number of hydrogen-bond donors (Lipinski definition) is 2. The van der Waals surface area contributed by atoms with Crippen LogP contribution in [0.15, 0.2) is 47.5 Å². The molecule has 0 aliphatic heterocycles. The summed E-state index contributed by atoms with van der Waals surface area (Å²) in [4.78, 5) is 28.9. The summed E-state index contributed by atoms with van der Waals surface area (Å²) in [7, 11) is 0. The Kier molecular flexibility index (Phi) is 4.88. The molecule has 0 spiro atoms. The highest BCUT2D eigenvalue weighted by molar-refractivity contribution is 5.67. The number of nitrogens with zero attached hydrogens (tertiary/aromatic N) is 1. The van der Waals surface area contributed by atoms with Crippen molar-refractivity contribution in [3.05, 3.63) is 64.3 Å². The molecule has 0 aliphatic rings. The molecule has 6 nitrogen and oxygen atoms in total. The largest absolute Gasteiger partial charge is 0.445 e. The quantitative estimate of drug-likeness (QED) is 0.858. The molecule has 104 valence electrons. The predicted octanol–water partition coefficient (Wildman–Crippen LogP) is 1.24. The van der Waals surface area contributed by atoms with Crippen LogP contribution in [0.4, 0.5) is 4.79 Å². The minimum absolute atomic E-state index is 0.207. The summed E-state index contributed by atoms with van der Waals surface area (Å²) in [5, 5.41) is 2.61. The van der Waals surface area contributed by atoms with Gasteiger partial charge >= 0.3 is 6.09 Å². The Morgan fingerprint density at radius 1 is 1.30 bits per heavy atom. The lowest BCUT2D eigenvalue weighted by Crippen LogP contribution is -2.26. The minimum Gasteiger partial charge on any atom is -0.445 e. The number of hydrogen-bond acceptors (Lipinski definition) is 4. The van der Waals surface area contributed by atoms with Gasteiger partial charge in [0.15, 0.2) is 0 Å². The van der Waals surface area contributed by atoms with Crippen LogP contribution in [0.1, 0.15) is 11.3 Å². The Balaban J connectivity index is 1.69. The molecule has 0 saturated heterocycles. The molecular formula is C14H15N3O3. The Morgan fingerprint density at radius 2 is 2.10 bits per heavy atom. The molecule has 2 N–H and O–H groups in total. The SMILES string of the molecule is O=C(NCCc1cc(=O)[nH]cn1)OCc1ccccc1. The fraction of sp³-hybridized carbons (Fsp3) is 0.214. The van der Waals surface area contributed by atoms with Crippen molar-refractivity contribution >= 4 is 6.09 Å². The summed E-state index contributed by atoms with van der Waals surface area (Å²) in [5.41, 5.74) is 1.35. The van der Waals surface area contributed by atoms with E-state index in [9.17, 15) is 9.59 Å². The number of H-pyrrole nitrogens is 1. The van der Waals surface area contributed by atoms with Gasteiger partial charge in [0.05, 0.1) is 6.33 Å². The number of aromatic amines is 1. The van der Waals surface area contributed by atoms with Crippen LogP contribution < -0.4 is 10.9 Å².